The first kappa shape index (κ1) is 17.7. The molecule has 2 heterocycles. The average molecular weight is 394 g/mol. The van der Waals surface area contributed by atoms with Gasteiger partial charge in [-0.15, -0.1) is 0 Å². The van der Waals surface area contributed by atoms with Gasteiger partial charge in [-0.05, 0) is 36.5 Å². The van der Waals surface area contributed by atoms with Gasteiger partial charge in [0.15, 0.2) is 16.5 Å². The zero-order valence-electron chi connectivity index (χ0n) is 14.6. The van der Waals surface area contributed by atoms with Crippen molar-refractivity contribution in [3.63, 3.8) is 0 Å². The van der Waals surface area contributed by atoms with Crippen LogP contribution in [0.4, 0.5) is 11.7 Å². The van der Waals surface area contributed by atoms with Crippen LogP contribution in [0, 0.1) is 0 Å². The third kappa shape index (κ3) is 3.69. The van der Waals surface area contributed by atoms with E-state index >= 15 is 0 Å². The van der Waals surface area contributed by atoms with Gasteiger partial charge >= 0.3 is 6.01 Å². The van der Waals surface area contributed by atoms with Crippen molar-refractivity contribution in [3.8, 4) is 0 Å². The molecule has 0 spiro atoms. The molecule has 140 valence electrons. The lowest BCUT2D eigenvalue weighted by atomic mass is 10.2. The Balaban J connectivity index is 1.45. The maximum atomic E-state index is 12.3. The Bertz CT molecular complexity index is 1190. The maximum absolute atomic E-state index is 12.3. The molecule has 0 atom stereocenters. The number of nitrogens with zero attached hydrogens (tertiary/aromatic N) is 1. The van der Waals surface area contributed by atoms with E-state index in [9.17, 15) is 9.59 Å². The van der Waals surface area contributed by atoms with E-state index in [4.69, 9.17) is 21.1 Å². The molecule has 0 aliphatic rings. The van der Waals surface area contributed by atoms with E-state index in [1.54, 1.807) is 30.3 Å². The lowest BCUT2D eigenvalue weighted by molar-refractivity contribution is -0.114. The Labute approximate surface area is 163 Å². The fourth-order valence-corrected chi connectivity index (χ4v) is 2.83. The quantitative estimate of drug-likeness (QED) is 0.455. The highest BCUT2D eigenvalue weighted by molar-refractivity contribution is 7.80. The average Bonchev–Trinajstić information content (AvgIpc) is 3.23. The van der Waals surface area contributed by atoms with Crippen molar-refractivity contribution in [2.75, 3.05) is 10.6 Å². The second kappa shape index (κ2) is 7.12. The highest BCUT2D eigenvalue weighted by Crippen LogP contribution is 2.23. The van der Waals surface area contributed by atoms with Gasteiger partial charge in [0.1, 0.15) is 11.1 Å². The smallest absolute Gasteiger partial charge is 0.302 e. The van der Waals surface area contributed by atoms with Gasteiger partial charge in [0.05, 0.1) is 0 Å². The van der Waals surface area contributed by atoms with Crippen molar-refractivity contribution in [1.82, 2.24) is 10.3 Å². The summed E-state index contributed by atoms with van der Waals surface area (Å²) in [5.74, 6) is -0.535. The summed E-state index contributed by atoms with van der Waals surface area (Å²) in [7, 11) is 0. The Hall–Kier alpha value is -3.72. The van der Waals surface area contributed by atoms with E-state index in [0.717, 1.165) is 5.39 Å². The molecule has 0 unspecified atom stereocenters. The Morgan fingerprint density at radius 2 is 1.82 bits per heavy atom. The van der Waals surface area contributed by atoms with Gasteiger partial charge in [0.2, 0.25) is 5.91 Å². The number of amides is 2. The standard InChI is InChI=1S/C19H14N4O4S/c1-10(24)20-12-6-7-13-15(9-12)27-18(21-13)23-19(28)22-17(25)16-8-11-4-2-3-5-14(11)26-16/h2-9H,1H3,(H,20,24)(H2,21,22,23,25,28). The van der Waals surface area contributed by atoms with Crippen LogP contribution in [0.1, 0.15) is 17.5 Å². The largest absolute Gasteiger partial charge is 0.451 e. The highest BCUT2D eigenvalue weighted by Gasteiger charge is 2.15. The SMILES string of the molecule is CC(=O)Nc1ccc2nc(NC(=S)NC(=O)c3cc4ccccc4o3)oc2c1. The summed E-state index contributed by atoms with van der Waals surface area (Å²) in [4.78, 5) is 27.7. The molecule has 2 amide bonds. The molecule has 0 aliphatic carbocycles. The van der Waals surface area contributed by atoms with Crippen LogP contribution in [0.5, 0.6) is 0 Å². The number of oxazole rings is 1. The second-order valence-electron chi connectivity index (χ2n) is 5.94. The zero-order chi connectivity index (χ0) is 19.7. The molecule has 28 heavy (non-hydrogen) atoms. The summed E-state index contributed by atoms with van der Waals surface area (Å²) in [6.07, 6.45) is 0. The number of carbonyl (C=O) groups is 2. The summed E-state index contributed by atoms with van der Waals surface area (Å²) < 4.78 is 11.1. The number of nitrogens with one attached hydrogen (secondary N) is 3. The van der Waals surface area contributed by atoms with Crippen LogP contribution in [0.15, 0.2) is 57.4 Å². The summed E-state index contributed by atoms with van der Waals surface area (Å²) in [5, 5.41) is 8.73. The number of aromatic nitrogens is 1. The molecule has 2 aromatic carbocycles. The normalized spacial score (nSPS) is 10.8. The van der Waals surface area contributed by atoms with E-state index in [0.29, 0.717) is 22.4 Å². The molecule has 0 saturated heterocycles. The van der Waals surface area contributed by atoms with Gasteiger partial charge in [-0.25, -0.2) is 0 Å². The van der Waals surface area contributed by atoms with E-state index in [2.05, 4.69) is 20.9 Å². The van der Waals surface area contributed by atoms with Crippen LogP contribution in [0.3, 0.4) is 0 Å². The number of carbonyl (C=O) groups excluding carboxylic acids is 2. The first-order valence-corrected chi connectivity index (χ1v) is 8.68. The molecule has 0 bridgehead atoms. The molecule has 0 radical (unpaired) electrons. The van der Waals surface area contributed by atoms with E-state index < -0.39 is 5.91 Å². The van der Waals surface area contributed by atoms with E-state index in [1.807, 2.05) is 18.2 Å². The minimum Gasteiger partial charge on any atom is -0.451 e. The number of benzene rings is 2. The number of anilines is 2. The number of hydrogen-bond donors (Lipinski definition) is 3. The van der Waals surface area contributed by atoms with Gasteiger partial charge in [-0.3, -0.25) is 20.2 Å². The van der Waals surface area contributed by atoms with Crippen molar-refractivity contribution in [2.24, 2.45) is 0 Å². The maximum Gasteiger partial charge on any atom is 0.302 e. The summed E-state index contributed by atoms with van der Waals surface area (Å²) in [6, 6.07) is 14.1. The number of rotatable bonds is 3. The molecule has 4 rings (SSSR count). The second-order valence-corrected chi connectivity index (χ2v) is 6.35. The van der Waals surface area contributed by atoms with Gasteiger partial charge in [-0.2, -0.15) is 4.98 Å². The van der Waals surface area contributed by atoms with Crippen LogP contribution < -0.4 is 16.0 Å². The molecule has 0 fully saturated rings. The minimum absolute atomic E-state index is 0.0131. The predicted octanol–water partition coefficient (Wildman–Crippen LogP) is 3.66. The number of hydrogen-bond acceptors (Lipinski definition) is 6. The third-order valence-electron chi connectivity index (χ3n) is 3.81. The van der Waals surface area contributed by atoms with E-state index in [-0.39, 0.29) is 22.8 Å². The molecular weight excluding hydrogens is 380 g/mol. The van der Waals surface area contributed by atoms with Crippen LogP contribution in [-0.2, 0) is 4.79 Å². The number of furan rings is 1. The first-order valence-electron chi connectivity index (χ1n) is 8.27. The van der Waals surface area contributed by atoms with Gasteiger partial charge in [-0.1, -0.05) is 18.2 Å². The summed E-state index contributed by atoms with van der Waals surface area (Å²) in [5.41, 5.74) is 2.23. The lowest BCUT2D eigenvalue weighted by Gasteiger charge is -2.04. The molecule has 0 aliphatic heterocycles. The number of para-hydroxylation sites is 1. The molecule has 2 aromatic heterocycles. The lowest BCUT2D eigenvalue weighted by Crippen LogP contribution is -2.33. The van der Waals surface area contributed by atoms with Crippen molar-refractivity contribution in [2.45, 2.75) is 6.92 Å². The number of thiocarbonyl (C=S) groups is 1. The Morgan fingerprint density at radius 1 is 1.00 bits per heavy atom. The first-order chi connectivity index (χ1) is 13.5. The Kier molecular flexibility index (Phi) is 4.50. The van der Waals surface area contributed by atoms with Crippen molar-refractivity contribution in [3.05, 3.63) is 54.3 Å². The fourth-order valence-electron chi connectivity index (χ4n) is 2.65. The summed E-state index contributed by atoms with van der Waals surface area (Å²) in [6.45, 7) is 1.42. The van der Waals surface area contributed by atoms with Gasteiger partial charge in [0, 0.05) is 24.1 Å². The van der Waals surface area contributed by atoms with Crippen molar-refractivity contribution < 1.29 is 18.4 Å². The topological polar surface area (TPSA) is 109 Å². The summed E-state index contributed by atoms with van der Waals surface area (Å²) >= 11 is 5.14. The zero-order valence-corrected chi connectivity index (χ0v) is 15.4. The van der Waals surface area contributed by atoms with Gasteiger partial charge in [0.25, 0.3) is 5.91 Å². The number of fused-ring (bicyclic) bond motifs is 2. The van der Waals surface area contributed by atoms with Crippen molar-refractivity contribution in [1.29, 1.82) is 0 Å². The molecule has 4 aromatic rings. The molecule has 9 heteroatoms. The molecule has 8 nitrogen and oxygen atoms in total. The van der Waals surface area contributed by atoms with E-state index in [1.165, 1.54) is 6.92 Å². The van der Waals surface area contributed by atoms with Crippen LogP contribution in [0.25, 0.3) is 22.1 Å². The predicted molar refractivity (Wildman–Crippen MR) is 108 cm³/mol. The molecule has 3 N–H and O–H groups in total. The molecule has 0 saturated carbocycles. The van der Waals surface area contributed by atoms with Gasteiger partial charge < -0.3 is 14.2 Å². The monoisotopic (exact) mass is 394 g/mol. The van der Waals surface area contributed by atoms with Crippen LogP contribution in [-0.4, -0.2) is 21.9 Å². The molecular formula is C19H14N4O4S. The highest BCUT2D eigenvalue weighted by atomic mass is 32.1. The van der Waals surface area contributed by atoms with Crippen molar-refractivity contribution >= 4 is 62.9 Å². The Morgan fingerprint density at radius 3 is 2.61 bits per heavy atom. The third-order valence-corrected chi connectivity index (χ3v) is 4.01. The van der Waals surface area contributed by atoms with Crippen LogP contribution >= 0.6 is 12.2 Å². The fraction of sp³-hybridized carbons (Fsp3) is 0.0526. The minimum atomic E-state index is -0.488. The van der Waals surface area contributed by atoms with Crippen LogP contribution in [0.2, 0.25) is 0 Å².